The van der Waals surface area contributed by atoms with E-state index in [1.54, 1.807) is 10.9 Å². The summed E-state index contributed by atoms with van der Waals surface area (Å²) in [5.41, 5.74) is 13.3. The number of nitrogens with zero attached hydrogens (tertiary/aromatic N) is 7. The van der Waals surface area contributed by atoms with Crippen molar-refractivity contribution in [3.05, 3.63) is 36.4 Å². The molecule has 1 amide bonds. The zero-order valence-corrected chi connectivity index (χ0v) is 23.1. The first kappa shape index (κ1) is 26.5. The minimum Gasteiger partial charge on any atom is -0.388 e. The molecule has 2 atom stereocenters. The molecule has 2 saturated heterocycles. The van der Waals surface area contributed by atoms with E-state index < -0.39 is 17.2 Å². The van der Waals surface area contributed by atoms with E-state index in [1.165, 1.54) is 0 Å². The number of aromatic nitrogens is 6. The van der Waals surface area contributed by atoms with Crippen molar-refractivity contribution < 1.29 is 14.6 Å². The van der Waals surface area contributed by atoms with E-state index in [0.29, 0.717) is 49.9 Å². The summed E-state index contributed by atoms with van der Waals surface area (Å²) in [4.78, 5) is 32.4. The Labute approximate surface area is 232 Å². The van der Waals surface area contributed by atoms with Gasteiger partial charge < -0.3 is 35.3 Å². The molecule has 212 valence electrons. The summed E-state index contributed by atoms with van der Waals surface area (Å²) in [6.07, 6.45) is 5.42. The molecule has 40 heavy (non-hydrogen) atoms. The number of nitrogen functional groups attached to an aromatic ring is 2. The molecule has 0 aliphatic carbocycles. The number of aliphatic hydroxyl groups is 1. The van der Waals surface area contributed by atoms with Crippen molar-refractivity contribution in [3.63, 3.8) is 0 Å². The van der Waals surface area contributed by atoms with Crippen LogP contribution >= 0.6 is 0 Å². The number of nitrogens with two attached hydrogens (primary N) is 2. The van der Waals surface area contributed by atoms with Crippen molar-refractivity contribution in [2.24, 2.45) is 0 Å². The number of ether oxygens (including phenoxy) is 1. The Morgan fingerprint density at radius 3 is 2.70 bits per heavy atom. The Balaban J connectivity index is 1.06. The van der Waals surface area contributed by atoms with Gasteiger partial charge in [0.15, 0.2) is 11.5 Å². The zero-order valence-electron chi connectivity index (χ0n) is 23.1. The van der Waals surface area contributed by atoms with Gasteiger partial charge in [-0.15, -0.1) is 0 Å². The largest absolute Gasteiger partial charge is 0.388 e. The highest BCUT2D eigenvalue weighted by Gasteiger charge is 2.50. The summed E-state index contributed by atoms with van der Waals surface area (Å²) < 4.78 is 10.5. The number of hydrogen-bond donors (Lipinski definition) is 3. The molecule has 12 heteroatoms. The average Bonchev–Trinajstić information content (AvgIpc) is 3.49. The van der Waals surface area contributed by atoms with Crippen molar-refractivity contribution in [2.75, 3.05) is 31.2 Å². The number of fused-ring (bicyclic) bond motifs is 2. The number of aryl methyl sites for hydroxylation is 2. The number of anilines is 2. The van der Waals surface area contributed by atoms with Gasteiger partial charge in [-0.1, -0.05) is 12.1 Å². The highest BCUT2D eigenvalue weighted by Crippen LogP contribution is 2.44. The minimum atomic E-state index is -1.09. The first-order valence-electron chi connectivity index (χ1n) is 14.0. The Hall–Kier alpha value is -3.77. The number of carbonyl (C=O) groups excluding carboxylic acids is 1. The molecule has 2 aliphatic heterocycles. The normalized spacial score (nSPS) is 22.9. The molecule has 1 spiro atoms. The van der Waals surface area contributed by atoms with Crippen LogP contribution in [0.3, 0.4) is 0 Å². The van der Waals surface area contributed by atoms with Gasteiger partial charge in [0.2, 0.25) is 11.9 Å². The Kier molecular flexibility index (Phi) is 6.62. The molecule has 2 fully saturated rings. The molecule has 0 unspecified atom stereocenters. The third-order valence-corrected chi connectivity index (χ3v) is 8.62. The second-order valence-corrected chi connectivity index (χ2v) is 11.3. The highest BCUT2D eigenvalue weighted by atomic mass is 16.5. The number of hydrogen-bond acceptors (Lipinski definition) is 9. The number of para-hydroxylation sites is 2. The number of likely N-dealkylation sites (tertiary alicyclic amines) is 1. The fraction of sp³-hybridized carbons (Fsp3) is 0.536. The first-order valence-corrected chi connectivity index (χ1v) is 14.0. The molecular weight excluding hydrogens is 510 g/mol. The SMILES string of the molecule is CCn1c(CCCC(=O)N2CCC3(CC2)C[C@@](C)(O)[C@H](n2cnc4c(N)nc(N)nc42)CO3)nc2ccccc21. The molecule has 2 aliphatic rings. The molecule has 4 aromatic rings. The Morgan fingerprint density at radius 2 is 1.95 bits per heavy atom. The van der Waals surface area contributed by atoms with Crippen LogP contribution in [0.2, 0.25) is 0 Å². The minimum absolute atomic E-state index is 0.0562. The second kappa shape index (κ2) is 10.0. The quantitative estimate of drug-likeness (QED) is 0.329. The molecule has 6 rings (SSSR count). The number of imidazole rings is 2. The van der Waals surface area contributed by atoms with E-state index in [-0.39, 0.29) is 24.3 Å². The smallest absolute Gasteiger partial charge is 0.224 e. The lowest BCUT2D eigenvalue weighted by Crippen LogP contribution is -2.57. The molecule has 3 aromatic heterocycles. The molecule has 1 aromatic carbocycles. The number of amides is 1. The Bertz CT molecular complexity index is 1550. The molecule has 12 nitrogen and oxygen atoms in total. The van der Waals surface area contributed by atoms with Crippen molar-refractivity contribution in [3.8, 4) is 0 Å². The van der Waals surface area contributed by atoms with Crippen LogP contribution in [0.1, 0.15) is 57.8 Å². The summed E-state index contributed by atoms with van der Waals surface area (Å²) in [6, 6.07) is 7.74. The number of rotatable bonds is 6. The third-order valence-electron chi connectivity index (χ3n) is 8.62. The number of benzene rings is 1. The average molecular weight is 548 g/mol. The predicted molar refractivity (Wildman–Crippen MR) is 151 cm³/mol. The third kappa shape index (κ3) is 4.64. The van der Waals surface area contributed by atoms with Gasteiger partial charge in [0.05, 0.1) is 41.2 Å². The van der Waals surface area contributed by atoms with E-state index in [0.717, 1.165) is 36.2 Å². The van der Waals surface area contributed by atoms with Gasteiger partial charge in [0.1, 0.15) is 11.3 Å². The van der Waals surface area contributed by atoms with Crippen LogP contribution < -0.4 is 11.5 Å². The maximum Gasteiger partial charge on any atom is 0.224 e. The molecule has 5 heterocycles. The molecular formula is C28H37N9O3. The molecule has 0 bridgehead atoms. The zero-order chi connectivity index (χ0) is 28.1. The highest BCUT2D eigenvalue weighted by molar-refractivity contribution is 5.82. The summed E-state index contributed by atoms with van der Waals surface area (Å²) in [5.74, 6) is 1.45. The van der Waals surface area contributed by atoms with E-state index in [4.69, 9.17) is 21.2 Å². The monoisotopic (exact) mass is 547 g/mol. The van der Waals surface area contributed by atoms with E-state index in [1.807, 2.05) is 30.0 Å². The lowest BCUT2D eigenvalue weighted by molar-refractivity contribution is -0.197. The van der Waals surface area contributed by atoms with Crippen LogP contribution in [0.15, 0.2) is 30.6 Å². The van der Waals surface area contributed by atoms with E-state index in [9.17, 15) is 9.90 Å². The molecule has 5 N–H and O–H groups in total. The summed E-state index contributed by atoms with van der Waals surface area (Å²) >= 11 is 0. The first-order chi connectivity index (χ1) is 19.2. The van der Waals surface area contributed by atoms with Crippen molar-refractivity contribution >= 4 is 39.9 Å². The summed E-state index contributed by atoms with van der Waals surface area (Å²) in [5, 5.41) is 11.6. The van der Waals surface area contributed by atoms with Crippen LogP contribution in [0.25, 0.3) is 22.2 Å². The van der Waals surface area contributed by atoms with E-state index >= 15 is 0 Å². The van der Waals surface area contributed by atoms with Gasteiger partial charge in [0.25, 0.3) is 0 Å². The maximum absolute atomic E-state index is 13.1. The van der Waals surface area contributed by atoms with Crippen LogP contribution in [-0.2, 0) is 22.5 Å². The number of carbonyl (C=O) groups is 1. The number of piperidine rings is 1. The second-order valence-electron chi connectivity index (χ2n) is 11.3. The van der Waals surface area contributed by atoms with Gasteiger partial charge in [-0.2, -0.15) is 9.97 Å². The van der Waals surface area contributed by atoms with Crippen molar-refractivity contribution in [1.82, 2.24) is 34.0 Å². The van der Waals surface area contributed by atoms with Gasteiger partial charge in [0, 0.05) is 38.9 Å². The van der Waals surface area contributed by atoms with Gasteiger partial charge in [-0.25, -0.2) is 9.97 Å². The fourth-order valence-electron chi connectivity index (χ4n) is 6.53. The standard InChI is InChI=1S/C28H37N9O3/c1-3-36-19-8-5-4-7-18(19)32-21(36)9-6-10-22(38)35-13-11-28(12-14-35)16-27(2,39)20(15-40-28)37-17-31-23-24(29)33-26(30)34-25(23)37/h4-5,7-8,17,20,39H,3,6,9-16H2,1-2H3,(H4,29,30,33,34)/t20-,27-/m1/s1. The lowest BCUT2D eigenvalue weighted by Gasteiger charge is -2.51. The van der Waals surface area contributed by atoms with Crippen LogP contribution in [-0.4, -0.2) is 75.9 Å². The molecule has 0 radical (unpaired) electrons. The summed E-state index contributed by atoms with van der Waals surface area (Å²) in [7, 11) is 0. The van der Waals surface area contributed by atoms with Gasteiger partial charge >= 0.3 is 0 Å². The topological polar surface area (TPSA) is 163 Å². The lowest BCUT2D eigenvalue weighted by atomic mass is 9.75. The fourth-order valence-corrected chi connectivity index (χ4v) is 6.53. The summed E-state index contributed by atoms with van der Waals surface area (Å²) in [6.45, 7) is 6.31. The van der Waals surface area contributed by atoms with Crippen molar-refractivity contribution in [1.29, 1.82) is 0 Å². The van der Waals surface area contributed by atoms with Gasteiger partial charge in [-0.3, -0.25) is 4.79 Å². The maximum atomic E-state index is 13.1. The van der Waals surface area contributed by atoms with Gasteiger partial charge in [-0.05, 0) is 45.2 Å². The van der Waals surface area contributed by atoms with E-state index in [2.05, 4.69) is 32.5 Å². The van der Waals surface area contributed by atoms with Crippen molar-refractivity contribution in [2.45, 2.75) is 76.2 Å². The Morgan fingerprint density at radius 1 is 1.18 bits per heavy atom. The predicted octanol–water partition coefficient (Wildman–Crippen LogP) is 2.46. The van der Waals surface area contributed by atoms with Crippen LogP contribution in [0.4, 0.5) is 11.8 Å². The van der Waals surface area contributed by atoms with Crippen LogP contribution in [0.5, 0.6) is 0 Å². The molecule has 0 saturated carbocycles. The van der Waals surface area contributed by atoms with Crippen LogP contribution in [0, 0.1) is 0 Å².